The second-order valence-electron chi connectivity index (χ2n) is 9.81. The third-order valence-corrected chi connectivity index (χ3v) is 6.45. The number of alkyl halides is 3. The van der Waals surface area contributed by atoms with Crippen molar-refractivity contribution in [1.29, 1.82) is 0 Å². The molecule has 3 N–H and O–H groups in total. The van der Waals surface area contributed by atoms with Gasteiger partial charge in [-0.2, -0.15) is 13.2 Å². The second kappa shape index (κ2) is 12.5. The normalized spacial score (nSPS) is 12.4. The Hall–Kier alpha value is -4.29. The standard InChI is InChI=1S/C29H34F3N7O2/c1-6-27(40)34-22-15-23(26(41-5)16-25(22)38(4)14-13-37(2)3)36-28-33-12-11-21(35-28)20-17-39(18-29(30,31)32)24-10-8-7-9-19(20)24/h6-12,15-17,27,34,40H,1,13-14,18H2,2-5H3,(H,33,35,36). The van der Waals surface area contributed by atoms with Gasteiger partial charge < -0.3 is 34.8 Å². The van der Waals surface area contributed by atoms with Gasteiger partial charge in [0.15, 0.2) is 0 Å². The minimum atomic E-state index is -4.37. The lowest BCUT2D eigenvalue weighted by atomic mass is 10.1. The Balaban J connectivity index is 1.71. The van der Waals surface area contributed by atoms with Gasteiger partial charge in [-0.25, -0.2) is 9.97 Å². The molecule has 218 valence electrons. The minimum Gasteiger partial charge on any atom is -0.494 e. The molecule has 9 nitrogen and oxygen atoms in total. The number of ether oxygens (including phenoxy) is 1. The highest BCUT2D eigenvalue weighted by Gasteiger charge is 2.29. The molecular weight excluding hydrogens is 535 g/mol. The molecule has 41 heavy (non-hydrogen) atoms. The van der Waals surface area contributed by atoms with Gasteiger partial charge in [0.1, 0.15) is 18.5 Å². The van der Waals surface area contributed by atoms with Gasteiger partial charge in [0.25, 0.3) is 0 Å². The summed E-state index contributed by atoms with van der Waals surface area (Å²) in [5.74, 6) is 0.725. The fraction of sp³-hybridized carbons (Fsp3) is 0.310. The first kappa shape index (κ1) is 29.7. The maximum atomic E-state index is 13.3. The third kappa shape index (κ3) is 7.27. The third-order valence-electron chi connectivity index (χ3n) is 6.45. The van der Waals surface area contributed by atoms with Crippen molar-refractivity contribution in [3.63, 3.8) is 0 Å². The number of fused-ring (bicyclic) bond motifs is 1. The van der Waals surface area contributed by atoms with Crippen LogP contribution in [0, 0.1) is 0 Å². The molecular formula is C29H34F3N7O2. The summed E-state index contributed by atoms with van der Waals surface area (Å²) >= 11 is 0. The van der Waals surface area contributed by atoms with Crippen molar-refractivity contribution in [2.45, 2.75) is 18.9 Å². The zero-order chi connectivity index (χ0) is 29.7. The number of rotatable bonds is 12. The zero-order valence-electron chi connectivity index (χ0n) is 23.4. The van der Waals surface area contributed by atoms with Gasteiger partial charge in [0.2, 0.25) is 5.95 Å². The molecule has 2 aromatic heterocycles. The highest BCUT2D eigenvalue weighted by molar-refractivity contribution is 5.95. The first-order valence-corrected chi connectivity index (χ1v) is 12.9. The van der Waals surface area contributed by atoms with Crippen LogP contribution in [-0.4, -0.2) is 78.3 Å². The predicted octanol–water partition coefficient (Wildman–Crippen LogP) is 5.33. The van der Waals surface area contributed by atoms with Crippen LogP contribution >= 0.6 is 0 Å². The average molecular weight is 570 g/mol. The summed E-state index contributed by atoms with van der Waals surface area (Å²) in [6, 6.07) is 12.2. The monoisotopic (exact) mass is 569 g/mol. The van der Waals surface area contributed by atoms with Gasteiger partial charge in [-0.1, -0.05) is 24.8 Å². The largest absolute Gasteiger partial charge is 0.494 e. The average Bonchev–Trinajstić information content (AvgIpc) is 3.29. The van der Waals surface area contributed by atoms with Gasteiger partial charge in [0, 0.05) is 55.1 Å². The lowest BCUT2D eigenvalue weighted by Gasteiger charge is -2.27. The maximum Gasteiger partial charge on any atom is 0.406 e. The number of para-hydroxylation sites is 1. The zero-order valence-corrected chi connectivity index (χ0v) is 23.4. The Morgan fingerprint density at radius 1 is 1.12 bits per heavy atom. The smallest absolute Gasteiger partial charge is 0.406 e. The molecule has 2 aromatic carbocycles. The molecule has 0 spiro atoms. The molecule has 1 unspecified atom stereocenters. The Morgan fingerprint density at radius 3 is 2.56 bits per heavy atom. The van der Waals surface area contributed by atoms with E-state index in [-0.39, 0.29) is 5.95 Å². The molecule has 0 aliphatic heterocycles. The molecule has 0 radical (unpaired) electrons. The summed E-state index contributed by atoms with van der Waals surface area (Å²) in [5.41, 5.74) is 3.40. The van der Waals surface area contributed by atoms with Crippen LogP contribution in [0.25, 0.3) is 22.2 Å². The van der Waals surface area contributed by atoms with Crippen LogP contribution in [0.3, 0.4) is 0 Å². The summed E-state index contributed by atoms with van der Waals surface area (Å²) in [6.07, 6.45) is -0.987. The number of nitrogens with one attached hydrogen (secondary N) is 2. The highest BCUT2D eigenvalue weighted by atomic mass is 19.4. The quantitative estimate of drug-likeness (QED) is 0.156. The van der Waals surface area contributed by atoms with Crippen molar-refractivity contribution in [2.24, 2.45) is 0 Å². The Kier molecular flexibility index (Phi) is 9.04. The van der Waals surface area contributed by atoms with Crippen LogP contribution < -0.4 is 20.3 Å². The van der Waals surface area contributed by atoms with E-state index in [9.17, 15) is 18.3 Å². The molecule has 2 heterocycles. The predicted molar refractivity (Wildman–Crippen MR) is 157 cm³/mol. The lowest BCUT2D eigenvalue weighted by Crippen LogP contribution is -2.29. The second-order valence-corrected chi connectivity index (χ2v) is 9.81. The summed E-state index contributed by atoms with van der Waals surface area (Å²) in [4.78, 5) is 13.1. The van der Waals surface area contributed by atoms with E-state index >= 15 is 0 Å². The van der Waals surface area contributed by atoms with Crippen molar-refractivity contribution < 1.29 is 23.0 Å². The van der Waals surface area contributed by atoms with Gasteiger partial charge in [-0.15, -0.1) is 0 Å². The van der Waals surface area contributed by atoms with E-state index in [0.29, 0.717) is 39.3 Å². The number of aliphatic hydroxyl groups excluding tert-OH is 1. The van der Waals surface area contributed by atoms with Crippen molar-refractivity contribution >= 4 is 33.9 Å². The molecule has 0 saturated heterocycles. The van der Waals surface area contributed by atoms with Gasteiger partial charge in [0.05, 0.1) is 29.9 Å². The number of methoxy groups -OCH3 is 1. The number of nitrogens with zero attached hydrogens (tertiary/aromatic N) is 5. The molecule has 0 fully saturated rings. The number of likely N-dealkylation sites (N-methyl/N-ethyl adjacent to an activating group) is 2. The molecule has 12 heteroatoms. The molecule has 0 bridgehead atoms. The van der Waals surface area contributed by atoms with E-state index in [4.69, 9.17) is 4.74 Å². The number of hydrogen-bond donors (Lipinski definition) is 3. The summed E-state index contributed by atoms with van der Waals surface area (Å²) < 4.78 is 46.6. The van der Waals surface area contributed by atoms with Crippen LogP contribution in [0.1, 0.15) is 0 Å². The number of aromatic nitrogens is 3. The van der Waals surface area contributed by atoms with E-state index in [1.54, 1.807) is 43.5 Å². The van der Waals surface area contributed by atoms with Gasteiger partial charge in [-0.3, -0.25) is 0 Å². The van der Waals surface area contributed by atoms with Crippen molar-refractivity contribution in [3.05, 3.63) is 67.5 Å². The van der Waals surface area contributed by atoms with Crippen molar-refractivity contribution in [2.75, 3.05) is 56.9 Å². The van der Waals surface area contributed by atoms with Crippen LogP contribution in [0.4, 0.5) is 36.2 Å². The number of halogens is 3. The molecule has 1 atom stereocenters. The molecule has 0 aliphatic carbocycles. The minimum absolute atomic E-state index is 0.220. The summed E-state index contributed by atoms with van der Waals surface area (Å²) in [6.45, 7) is 4.06. The Morgan fingerprint density at radius 2 is 1.88 bits per heavy atom. The first-order chi connectivity index (χ1) is 19.5. The van der Waals surface area contributed by atoms with Crippen LogP contribution in [0.15, 0.2) is 67.5 Å². The van der Waals surface area contributed by atoms with E-state index in [1.165, 1.54) is 23.0 Å². The van der Waals surface area contributed by atoms with Crippen LogP contribution in [0.2, 0.25) is 0 Å². The van der Waals surface area contributed by atoms with Crippen molar-refractivity contribution in [1.82, 2.24) is 19.4 Å². The summed E-state index contributed by atoms with van der Waals surface area (Å²) in [7, 11) is 7.47. The number of aliphatic hydroxyl groups is 1. The number of anilines is 4. The van der Waals surface area contributed by atoms with E-state index in [0.717, 1.165) is 18.8 Å². The topological polar surface area (TPSA) is 90.7 Å². The molecule has 0 saturated carbocycles. The van der Waals surface area contributed by atoms with Gasteiger partial charge in [-0.05, 0) is 38.4 Å². The maximum absolute atomic E-state index is 13.3. The van der Waals surface area contributed by atoms with Crippen LogP contribution in [0.5, 0.6) is 5.75 Å². The molecule has 4 rings (SSSR count). The van der Waals surface area contributed by atoms with E-state index in [1.807, 2.05) is 32.1 Å². The fourth-order valence-corrected chi connectivity index (χ4v) is 4.42. The van der Waals surface area contributed by atoms with Crippen molar-refractivity contribution in [3.8, 4) is 17.0 Å². The lowest BCUT2D eigenvalue weighted by molar-refractivity contribution is -0.139. The highest BCUT2D eigenvalue weighted by Crippen LogP contribution is 2.38. The molecule has 0 aliphatic rings. The van der Waals surface area contributed by atoms with Gasteiger partial charge >= 0.3 is 6.18 Å². The number of hydrogen-bond acceptors (Lipinski definition) is 8. The van der Waals surface area contributed by atoms with E-state index in [2.05, 4.69) is 32.1 Å². The van der Waals surface area contributed by atoms with Crippen LogP contribution in [-0.2, 0) is 6.54 Å². The Bertz CT molecular complexity index is 1500. The first-order valence-electron chi connectivity index (χ1n) is 12.9. The van der Waals surface area contributed by atoms with E-state index < -0.39 is 18.9 Å². The number of benzene rings is 2. The summed E-state index contributed by atoms with van der Waals surface area (Å²) in [5, 5.41) is 17.1. The molecule has 4 aromatic rings. The SMILES string of the molecule is C=CC(O)Nc1cc(Nc2nccc(-c3cn(CC(F)(F)F)c4ccccc34)n2)c(OC)cc1N(C)CCN(C)C. The molecule has 0 amide bonds. The fourth-order valence-electron chi connectivity index (χ4n) is 4.42. The Labute approximate surface area is 236 Å².